The quantitative estimate of drug-likeness (QED) is 0.547. The Bertz CT molecular complexity index is 886. The SMILES string of the molecule is Cl.O=[N+]([O-])c1cccc(C2=NOC(CN3CCN(c4ccc(F)cc4)CC3)C2)c1. The van der Waals surface area contributed by atoms with Gasteiger partial charge in [-0.15, -0.1) is 12.4 Å². The predicted octanol–water partition coefficient (Wildman–Crippen LogP) is 3.47. The van der Waals surface area contributed by atoms with Crippen LogP contribution >= 0.6 is 12.4 Å². The second-order valence-corrected chi connectivity index (χ2v) is 7.04. The molecule has 0 radical (unpaired) electrons. The number of oxime groups is 1. The molecule has 2 aromatic rings. The molecule has 1 atom stereocenters. The van der Waals surface area contributed by atoms with Crippen LogP contribution in [0, 0.1) is 15.9 Å². The van der Waals surface area contributed by atoms with Crippen LogP contribution in [0.2, 0.25) is 0 Å². The number of piperazine rings is 1. The Kier molecular flexibility index (Phi) is 6.66. The summed E-state index contributed by atoms with van der Waals surface area (Å²) in [7, 11) is 0. The molecule has 7 nitrogen and oxygen atoms in total. The molecule has 1 fully saturated rings. The summed E-state index contributed by atoms with van der Waals surface area (Å²) in [5.74, 6) is -0.222. The smallest absolute Gasteiger partial charge is 0.270 e. The van der Waals surface area contributed by atoms with E-state index in [2.05, 4.69) is 15.0 Å². The van der Waals surface area contributed by atoms with E-state index in [1.165, 1.54) is 24.3 Å². The molecular formula is C20H22ClFN4O3. The lowest BCUT2D eigenvalue weighted by molar-refractivity contribution is -0.384. The normalized spacial score (nSPS) is 19.3. The van der Waals surface area contributed by atoms with E-state index in [4.69, 9.17) is 4.84 Å². The van der Waals surface area contributed by atoms with Crippen molar-refractivity contribution >= 4 is 29.5 Å². The predicted molar refractivity (Wildman–Crippen MR) is 111 cm³/mol. The van der Waals surface area contributed by atoms with Gasteiger partial charge in [-0.05, 0) is 24.3 Å². The fourth-order valence-electron chi connectivity index (χ4n) is 3.62. The first-order valence-electron chi connectivity index (χ1n) is 9.29. The summed E-state index contributed by atoms with van der Waals surface area (Å²) in [4.78, 5) is 20.7. The highest BCUT2D eigenvalue weighted by atomic mass is 35.5. The topological polar surface area (TPSA) is 71.2 Å². The Morgan fingerprint density at radius 2 is 1.86 bits per heavy atom. The average Bonchev–Trinajstić information content (AvgIpc) is 3.18. The number of hydrogen-bond acceptors (Lipinski definition) is 6. The van der Waals surface area contributed by atoms with Crippen LogP contribution in [0.4, 0.5) is 15.8 Å². The Labute approximate surface area is 174 Å². The van der Waals surface area contributed by atoms with Gasteiger partial charge in [0, 0.05) is 62.5 Å². The van der Waals surface area contributed by atoms with Crippen LogP contribution in [0.1, 0.15) is 12.0 Å². The fraction of sp³-hybridized carbons (Fsp3) is 0.350. The van der Waals surface area contributed by atoms with E-state index in [-0.39, 0.29) is 30.0 Å². The molecular weight excluding hydrogens is 399 g/mol. The van der Waals surface area contributed by atoms with Crippen molar-refractivity contribution < 1.29 is 14.2 Å². The number of benzene rings is 2. The fourth-order valence-corrected chi connectivity index (χ4v) is 3.62. The van der Waals surface area contributed by atoms with E-state index in [0.29, 0.717) is 6.42 Å². The highest BCUT2D eigenvalue weighted by Gasteiger charge is 2.27. The van der Waals surface area contributed by atoms with Gasteiger partial charge in [0.1, 0.15) is 11.9 Å². The maximum absolute atomic E-state index is 13.1. The number of anilines is 1. The zero-order valence-corrected chi connectivity index (χ0v) is 16.6. The molecule has 154 valence electrons. The Hall–Kier alpha value is -2.71. The summed E-state index contributed by atoms with van der Waals surface area (Å²) in [6.45, 7) is 4.29. The van der Waals surface area contributed by atoms with Crippen molar-refractivity contribution in [3.8, 4) is 0 Å². The Balaban J connectivity index is 0.00000240. The van der Waals surface area contributed by atoms with Crippen LogP contribution in [0.15, 0.2) is 53.7 Å². The third-order valence-corrected chi connectivity index (χ3v) is 5.15. The van der Waals surface area contributed by atoms with Crippen molar-refractivity contribution in [3.05, 3.63) is 70.0 Å². The largest absolute Gasteiger partial charge is 0.390 e. The van der Waals surface area contributed by atoms with Gasteiger partial charge in [0.2, 0.25) is 0 Å². The van der Waals surface area contributed by atoms with Gasteiger partial charge < -0.3 is 9.74 Å². The first-order chi connectivity index (χ1) is 13.6. The summed E-state index contributed by atoms with van der Waals surface area (Å²) in [6.07, 6.45) is 0.589. The number of hydrogen-bond donors (Lipinski definition) is 0. The molecule has 2 aliphatic heterocycles. The van der Waals surface area contributed by atoms with E-state index >= 15 is 0 Å². The minimum Gasteiger partial charge on any atom is -0.390 e. The summed E-state index contributed by atoms with van der Waals surface area (Å²) >= 11 is 0. The molecule has 2 heterocycles. The molecule has 0 aromatic heterocycles. The summed E-state index contributed by atoms with van der Waals surface area (Å²) < 4.78 is 13.1. The number of halogens is 2. The molecule has 2 aliphatic rings. The molecule has 0 spiro atoms. The summed E-state index contributed by atoms with van der Waals surface area (Å²) in [6, 6.07) is 13.1. The van der Waals surface area contributed by atoms with Gasteiger partial charge in [-0.3, -0.25) is 15.0 Å². The van der Waals surface area contributed by atoms with Gasteiger partial charge in [0.15, 0.2) is 0 Å². The molecule has 2 aromatic carbocycles. The summed E-state index contributed by atoms with van der Waals surface area (Å²) in [5, 5.41) is 15.1. The summed E-state index contributed by atoms with van der Waals surface area (Å²) in [5.41, 5.74) is 2.58. The molecule has 0 aliphatic carbocycles. The molecule has 1 saturated heterocycles. The molecule has 29 heavy (non-hydrogen) atoms. The van der Waals surface area contributed by atoms with Crippen molar-refractivity contribution in [2.75, 3.05) is 37.6 Å². The van der Waals surface area contributed by atoms with Crippen LogP contribution in [0.3, 0.4) is 0 Å². The number of nitro groups is 1. The van der Waals surface area contributed by atoms with Gasteiger partial charge >= 0.3 is 0 Å². The highest BCUT2D eigenvalue weighted by molar-refractivity contribution is 6.01. The molecule has 9 heteroatoms. The number of nitrogens with zero attached hydrogens (tertiary/aromatic N) is 4. The molecule has 1 unspecified atom stereocenters. The van der Waals surface area contributed by atoms with Crippen molar-refractivity contribution in [2.24, 2.45) is 5.16 Å². The van der Waals surface area contributed by atoms with Crippen LogP contribution in [-0.4, -0.2) is 54.4 Å². The van der Waals surface area contributed by atoms with E-state index in [1.54, 1.807) is 6.07 Å². The van der Waals surface area contributed by atoms with E-state index in [1.807, 2.05) is 18.2 Å². The van der Waals surface area contributed by atoms with Gasteiger partial charge in [-0.1, -0.05) is 17.3 Å². The van der Waals surface area contributed by atoms with Gasteiger partial charge in [-0.25, -0.2) is 4.39 Å². The highest BCUT2D eigenvalue weighted by Crippen LogP contribution is 2.22. The maximum atomic E-state index is 13.1. The lowest BCUT2D eigenvalue weighted by atomic mass is 10.0. The standard InChI is InChI=1S/C20H21FN4O3.ClH/c21-16-4-6-17(7-5-16)24-10-8-23(9-11-24)14-19-13-20(22-28-19)15-2-1-3-18(12-15)25(26)27;/h1-7,12,19H,8-11,13-14H2;1H. The lowest BCUT2D eigenvalue weighted by Gasteiger charge is -2.36. The van der Waals surface area contributed by atoms with E-state index in [9.17, 15) is 14.5 Å². The van der Waals surface area contributed by atoms with Crippen LogP contribution < -0.4 is 4.90 Å². The Morgan fingerprint density at radius 1 is 1.14 bits per heavy atom. The number of non-ortho nitro benzene ring substituents is 1. The second-order valence-electron chi connectivity index (χ2n) is 7.04. The van der Waals surface area contributed by atoms with Crippen molar-refractivity contribution in [2.45, 2.75) is 12.5 Å². The maximum Gasteiger partial charge on any atom is 0.270 e. The molecule has 0 bridgehead atoms. The van der Waals surface area contributed by atoms with Crippen molar-refractivity contribution in [3.63, 3.8) is 0 Å². The second kappa shape index (κ2) is 9.19. The Morgan fingerprint density at radius 3 is 2.55 bits per heavy atom. The van der Waals surface area contributed by atoms with Gasteiger partial charge in [0.25, 0.3) is 5.69 Å². The minimum absolute atomic E-state index is 0. The molecule has 0 saturated carbocycles. The third kappa shape index (κ3) is 5.02. The van der Waals surface area contributed by atoms with E-state index < -0.39 is 4.92 Å². The first-order valence-corrected chi connectivity index (χ1v) is 9.29. The van der Waals surface area contributed by atoms with Gasteiger partial charge in [0.05, 0.1) is 10.6 Å². The number of rotatable bonds is 5. The van der Waals surface area contributed by atoms with Crippen molar-refractivity contribution in [1.82, 2.24) is 4.90 Å². The monoisotopic (exact) mass is 420 g/mol. The van der Waals surface area contributed by atoms with Crippen molar-refractivity contribution in [1.29, 1.82) is 0 Å². The van der Waals surface area contributed by atoms with Crippen LogP contribution in [-0.2, 0) is 4.84 Å². The average molecular weight is 421 g/mol. The third-order valence-electron chi connectivity index (χ3n) is 5.15. The zero-order chi connectivity index (χ0) is 19.5. The number of nitro benzene ring substituents is 1. The minimum atomic E-state index is -0.405. The zero-order valence-electron chi connectivity index (χ0n) is 15.7. The first kappa shape index (κ1) is 21.0. The lowest BCUT2D eigenvalue weighted by Crippen LogP contribution is -2.48. The van der Waals surface area contributed by atoms with E-state index in [0.717, 1.165) is 49.7 Å². The van der Waals surface area contributed by atoms with Crippen LogP contribution in [0.5, 0.6) is 0 Å². The van der Waals surface area contributed by atoms with Gasteiger partial charge in [-0.2, -0.15) is 0 Å². The van der Waals surface area contributed by atoms with Crippen LogP contribution in [0.25, 0.3) is 0 Å². The molecule has 0 amide bonds. The molecule has 0 N–H and O–H groups in total. The molecule has 4 rings (SSSR count).